The second-order valence-electron chi connectivity index (χ2n) is 4.84. The zero-order valence-corrected chi connectivity index (χ0v) is 10.3. The molecular formula is C14H18O2. The Labute approximate surface area is 96.9 Å². The van der Waals surface area contributed by atoms with E-state index in [2.05, 4.69) is 6.58 Å². The Hall–Kier alpha value is -1.57. The molecule has 2 heteroatoms. The van der Waals surface area contributed by atoms with Crippen LogP contribution in [0.1, 0.15) is 42.3 Å². The Morgan fingerprint density at radius 1 is 1.31 bits per heavy atom. The van der Waals surface area contributed by atoms with Gasteiger partial charge < -0.3 is 4.74 Å². The molecule has 0 N–H and O–H groups in total. The Balaban J connectivity index is 3.00. The summed E-state index contributed by atoms with van der Waals surface area (Å²) >= 11 is 0. The molecule has 0 unspecified atom stereocenters. The molecule has 0 aliphatic heterocycles. The molecule has 0 saturated heterocycles. The predicted molar refractivity (Wildman–Crippen MR) is 66.4 cm³/mol. The van der Waals surface area contributed by atoms with Crippen molar-refractivity contribution in [1.29, 1.82) is 0 Å². The molecule has 0 spiro atoms. The molecule has 0 atom stereocenters. The van der Waals surface area contributed by atoms with Crippen LogP contribution in [0.2, 0.25) is 0 Å². The van der Waals surface area contributed by atoms with Crippen LogP contribution in [0.25, 0.3) is 6.08 Å². The minimum absolute atomic E-state index is 0.292. The minimum atomic E-state index is -0.463. The lowest BCUT2D eigenvalue weighted by Gasteiger charge is -2.19. The van der Waals surface area contributed by atoms with Crippen LogP contribution in [0, 0.1) is 6.92 Å². The van der Waals surface area contributed by atoms with Crippen LogP contribution in [0.15, 0.2) is 24.8 Å². The van der Waals surface area contributed by atoms with Crippen LogP contribution in [-0.4, -0.2) is 11.6 Å². The second kappa shape index (κ2) is 4.52. The number of carbonyl (C=O) groups excluding carboxylic acids is 1. The Bertz CT molecular complexity index is 411. The largest absolute Gasteiger partial charge is 0.456 e. The van der Waals surface area contributed by atoms with E-state index in [1.54, 1.807) is 12.1 Å². The number of aryl methyl sites for hydroxylation is 1. The van der Waals surface area contributed by atoms with E-state index in [1.807, 2.05) is 39.8 Å². The molecule has 0 aliphatic carbocycles. The number of rotatable bonds is 2. The smallest absolute Gasteiger partial charge is 0.338 e. The third-order valence-corrected chi connectivity index (χ3v) is 1.97. The number of benzene rings is 1. The highest BCUT2D eigenvalue weighted by molar-refractivity contribution is 5.90. The molecule has 0 heterocycles. The van der Waals surface area contributed by atoms with Crippen molar-refractivity contribution in [2.24, 2.45) is 0 Å². The van der Waals surface area contributed by atoms with Crippen LogP contribution in [0.3, 0.4) is 0 Å². The van der Waals surface area contributed by atoms with Crippen molar-refractivity contribution < 1.29 is 9.53 Å². The Kier molecular flexibility index (Phi) is 3.53. The summed E-state index contributed by atoms with van der Waals surface area (Å²) in [6, 6.07) is 5.58. The van der Waals surface area contributed by atoms with Gasteiger partial charge in [0.15, 0.2) is 0 Å². The van der Waals surface area contributed by atoms with Crippen molar-refractivity contribution in [3.63, 3.8) is 0 Å². The average Bonchev–Trinajstić information content (AvgIpc) is 2.14. The monoisotopic (exact) mass is 218 g/mol. The predicted octanol–water partition coefficient (Wildman–Crippen LogP) is 3.59. The van der Waals surface area contributed by atoms with Crippen LogP contribution in [-0.2, 0) is 4.74 Å². The van der Waals surface area contributed by atoms with Gasteiger partial charge in [-0.2, -0.15) is 0 Å². The molecule has 16 heavy (non-hydrogen) atoms. The number of esters is 1. The van der Waals surface area contributed by atoms with Gasteiger partial charge in [-0.25, -0.2) is 4.79 Å². The highest BCUT2D eigenvalue weighted by Gasteiger charge is 2.18. The van der Waals surface area contributed by atoms with Gasteiger partial charge in [0.05, 0.1) is 5.56 Å². The third-order valence-electron chi connectivity index (χ3n) is 1.97. The van der Waals surface area contributed by atoms with Crippen LogP contribution >= 0.6 is 0 Å². The van der Waals surface area contributed by atoms with E-state index >= 15 is 0 Å². The van der Waals surface area contributed by atoms with Crippen molar-refractivity contribution in [2.45, 2.75) is 33.3 Å². The first-order valence-corrected chi connectivity index (χ1v) is 5.29. The van der Waals surface area contributed by atoms with Crippen molar-refractivity contribution in [1.82, 2.24) is 0 Å². The first kappa shape index (κ1) is 12.5. The maximum absolute atomic E-state index is 11.8. The fourth-order valence-electron chi connectivity index (χ4n) is 1.39. The van der Waals surface area contributed by atoms with Gasteiger partial charge in [-0.3, -0.25) is 0 Å². The summed E-state index contributed by atoms with van der Waals surface area (Å²) in [5.41, 5.74) is 2.07. The standard InChI is InChI=1S/C14H18O2/c1-6-11-7-10(2)8-12(9-11)13(15)16-14(3,4)5/h6-9H,1H2,2-5H3. The zero-order valence-electron chi connectivity index (χ0n) is 10.3. The molecule has 1 aromatic rings. The molecule has 0 aromatic heterocycles. The van der Waals surface area contributed by atoms with E-state index in [0.717, 1.165) is 11.1 Å². The first-order chi connectivity index (χ1) is 7.31. The number of carbonyl (C=O) groups is 1. The molecule has 86 valence electrons. The third kappa shape index (κ3) is 3.54. The molecule has 0 amide bonds. The van der Waals surface area contributed by atoms with Crippen molar-refractivity contribution in [2.75, 3.05) is 0 Å². The van der Waals surface area contributed by atoms with Gasteiger partial charge in [0.1, 0.15) is 5.60 Å². The normalized spacial score (nSPS) is 11.0. The number of hydrogen-bond donors (Lipinski definition) is 0. The van der Waals surface area contributed by atoms with Gasteiger partial charge >= 0.3 is 5.97 Å². The molecule has 0 aliphatic rings. The van der Waals surface area contributed by atoms with E-state index in [-0.39, 0.29) is 5.97 Å². The maximum atomic E-state index is 11.8. The molecule has 1 rings (SSSR count). The zero-order chi connectivity index (χ0) is 12.3. The topological polar surface area (TPSA) is 26.3 Å². The summed E-state index contributed by atoms with van der Waals surface area (Å²) in [5.74, 6) is -0.292. The average molecular weight is 218 g/mol. The highest BCUT2D eigenvalue weighted by Crippen LogP contribution is 2.15. The lowest BCUT2D eigenvalue weighted by molar-refractivity contribution is 0.00694. The van der Waals surface area contributed by atoms with Gasteiger partial charge in [-0.1, -0.05) is 18.7 Å². The molecular weight excluding hydrogens is 200 g/mol. The summed E-state index contributed by atoms with van der Waals surface area (Å²) in [6.07, 6.45) is 1.72. The molecule has 1 aromatic carbocycles. The van der Waals surface area contributed by atoms with Gasteiger partial charge in [-0.05, 0) is 51.0 Å². The lowest BCUT2D eigenvalue weighted by Crippen LogP contribution is -2.23. The molecule has 0 fully saturated rings. The van der Waals surface area contributed by atoms with Gasteiger partial charge in [0.2, 0.25) is 0 Å². The summed E-state index contributed by atoms with van der Waals surface area (Å²) in [6.45, 7) is 11.2. The fourth-order valence-corrected chi connectivity index (χ4v) is 1.39. The maximum Gasteiger partial charge on any atom is 0.338 e. The van der Waals surface area contributed by atoms with Gasteiger partial charge in [0, 0.05) is 0 Å². The summed E-state index contributed by atoms with van der Waals surface area (Å²) in [4.78, 5) is 11.8. The lowest BCUT2D eigenvalue weighted by atomic mass is 10.1. The van der Waals surface area contributed by atoms with E-state index in [9.17, 15) is 4.79 Å². The van der Waals surface area contributed by atoms with Crippen molar-refractivity contribution >= 4 is 12.0 Å². The van der Waals surface area contributed by atoms with E-state index in [4.69, 9.17) is 4.74 Å². The summed E-state index contributed by atoms with van der Waals surface area (Å²) in [7, 11) is 0. The first-order valence-electron chi connectivity index (χ1n) is 5.29. The molecule has 0 bridgehead atoms. The Morgan fingerprint density at radius 2 is 1.94 bits per heavy atom. The van der Waals surface area contributed by atoms with Crippen LogP contribution < -0.4 is 0 Å². The quantitative estimate of drug-likeness (QED) is 0.709. The van der Waals surface area contributed by atoms with Crippen LogP contribution in [0.5, 0.6) is 0 Å². The van der Waals surface area contributed by atoms with E-state index in [1.165, 1.54) is 0 Å². The van der Waals surface area contributed by atoms with Gasteiger partial charge in [-0.15, -0.1) is 0 Å². The highest BCUT2D eigenvalue weighted by atomic mass is 16.6. The SMILES string of the molecule is C=Cc1cc(C)cc(C(=O)OC(C)(C)C)c1. The Morgan fingerprint density at radius 3 is 2.44 bits per heavy atom. The molecule has 2 nitrogen and oxygen atoms in total. The van der Waals surface area contributed by atoms with Crippen LogP contribution in [0.4, 0.5) is 0 Å². The van der Waals surface area contributed by atoms with E-state index < -0.39 is 5.60 Å². The van der Waals surface area contributed by atoms with Crippen molar-refractivity contribution in [3.05, 3.63) is 41.5 Å². The number of hydrogen-bond acceptors (Lipinski definition) is 2. The fraction of sp³-hybridized carbons (Fsp3) is 0.357. The summed E-state index contributed by atoms with van der Waals surface area (Å²) in [5, 5.41) is 0. The van der Waals surface area contributed by atoms with Gasteiger partial charge in [0.25, 0.3) is 0 Å². The molecule has 0 radical (unpaired) electrons. The van der Waals surface area contributed by atoms with Crippen molar-refractivity contribution in [3.8, 4) is 0 Å². The number of ether oxygens (including phenoxy) is 1. The minimum Gasteiger partial charge on any atom is -0.456 e. The summed E-state index contributed by atoms with van der Waals surface area (Å²) < 4.78 is 5.31. The molecule has 0 saturated carbocycles. The van der Waals surface area contributed by atoms with E-state index in [0.29, 0.717) is 5.56 Å². The second-order valence-corrected chi connectivity index (χ2v) is 4.84.